The molecule has 2 aromatic carbocycles. The number of carbonyl (C=O) groups is 1. The fourth-order valence-corrected chi connectivity index (χ4v) is 5.82. The molecule has 2 heterocycles. The Kier molecular flexibility index (Phi) is 5.22. The molecular weight excluding hydrogens is 450 g/mol. The van der Waals surface area contributed by atoms with Crippen molar-refractivity contribution >= 4 is 21.7 Å². The van der Waals surface area contributed by atoms with E-state index >= 15 is 0 Å². The average molecular weight is 478 g/mol. The van der Waals surface area contributed by atoms with Crippen LogP contribution in [0.15, 0.2) is 47.5 Å². The van der Waals surface area contributed by atoms with Gasteiger partial charge in [0.25, 0.3) is 5.91 Å². The van der Waals surface area contributed by atoms with Gasteiger partial charge in [-0.05, 0) is 55.2 Å². The Morgan fingerprint density at radius 3 is 2.56 bits per heavy atom. The fourth-order valence-electron chi connectivity index (χ4n) is 4.29. The van der Waals surface area contributed by atoms with Crippen LogP contribution in [0.2, 0.25) is 0 Å². The largest absolute Gasteiger partial charge is 0.382 e. The van der Waals surface area contributed by atoms with Crippen LogP contribution in [0.4, 0.5) is 5.82 Å². The van der Waals surface area contributed by atoms with Crippen molar-refractivity contribution in [1.29, 1.82) is 0 Å². The second-order valence-electron chi connectivity index (χ2n) is 9.69. The SMILES string of the molecule is Cc1cc(-c2cnc(N)c(-c3ccc4c(c3)C(C)(C)CNC4=O)n2)ccc1S(=O)(=O)NC1CC1. The molecule has 176 valence electrons. The zero-order chi connectivity index (χ0) is 24.3. The number of nitrogens with two attached hydrogens (primary N) is 1. The maximum atomic E-state index is 12.6. The molecule has 0 unspecified atom stereocenters. The molecule has 1 aromatic heterocycles. The predicted molar refractivity (Wildman–Crippen MR) is 131 cm³/mol. The van der Waals surface area contributed by atoms with E-state index in [4.69, 9.17) is 10.7 Å². The summed E-state index contributed by atoms with van der Waals surface area (Å²) in [6, 6.07) is 10.8. The number of hydrogen-bond donors (Lipinski definition) is 3. The number of amides is 1. The molecule has 9 heteroatoms. The van der Waals surface area contributed by atoms with Crippen LogP contribution in [0.5, 0.6) is 0 Å². The number of benzene rings is 2. The van der Waals surface area contributed by atoms with Crippen molar-refractivity contribution in [1.82, 2.24) is 20.0 Å². The minimum atomic E-state index is -3.55. The minimum absolute atomic E-state index is 0.0438. The van der Waals surface area contributed by atoms with E-state index in [0.29, 0.717) is 29.1 Å². The lowest BCUT2D eigenvalue weighted by atomic mass is 9.78. The highest BCUT2D eigenvalue weighted by Crippen LogP contribution is 2.35. The Balaban J connectivity index is 1.53. The van der Waals surface area contributed by atoms with E-state index in [2.05, 4.69) is 28.9 Å². The van der Waals surface area contributed by atoms with Crippen LogP contribution in [0.1, 0.15) is 48.2 Å². The molecule has 0 radical (unpaired) electrons. The monoisotopic (exact) mass is 477 g/mol. The molecule has 0 spiro atoms. The first-order valence-corrected chi connectivity index (χ1v) is 12.7. The topological polar surface area (TPSA) is 127 Å². The van der Waals surface area contributed by atoms with E-state index in [0.717, 1.165) is 29.5 Å². The highest BCUT2D eigenvalue weighted by atomic mass is 32.2. The first kappa shape index (κ1) is 22.5. The van der Waals surface area contributed by atoms with Crippen LogP contribution in [0, 0.1) is 6.92 Å². The number of anilines is 1. The van der Waals surface area contributed by atoms with Crippen LogP contribution in [0.25, 0.3) is 22.5 Å². The molecule has 0 saturated heterocycles. The van der Waals surface area contributed by atoms with Gasteiger partial charge in [-0.1, -0.05) is 26.0 Å². The Morgan fingerprint density at radius 1 is 1.12 bits per heavy atom. The van der Waals surface area contributed by atoms with E-state index in [9.17, 15) is 13.2 Å². The van der Waals surface area contributed by atoms with Crippen molar-refractivity contribution in [3.05, 3.63) is 59.3 Å². The van der Waals surface area contributed by atoms with Gasteiger partial charge in [-0.2, -0.15) is 0 Å². The molecule has 0 atom stereocenters. The van der Waals surface area contributed by atoms with Gasteiger partial charge < -0.3 is 11.1 Å². The molecule has 0 bridgehead atoms. The Hall–Kier alpha value is -3.30. The molecule has 34 heavy (non-hydrogen) atoms. The Bertz CT molecular complexity index is 1430. The molecule has 2 aliphatic rings. The van der Waals surface area contributed by atoms with Crippen molar-refractivity contribution in [2.24, 2.45) is 0 Å². The molecule has 4 N–H and O–H groups in total. The molecule has 5 rings (SSSR count). The van der Waals surface area contributed by atoms with E-state index in [1.54, 1.807) is 37.4 Å². The summed E-state index contributed by atoms with van der Waals surface area (Å²) < 4.78 is 28.0. The number of rotatable bonds is 5. The van der Waals surface area contributed by atoms with Gasteiger partial charge in [-0.3, -0.25) is 4.79 Å². The van der Waals surface area contributed by atoms with Crippen LogP contribution < -0.4 is 15.8 Å². The number of fused-ring (bicyclic) bond motifs is 1. The standard InChI is InChI=1S/C25H27N5O3S/c1-14-10-15(5-9-21(14)34(32,33)30-17-6-7-17)20-12-27-23(26)22(29-20)16-4-8-18-19(11-16)25(2,3)13-28-24(18)31/h4-5,8-12,17,30H,6-7,13H2,1-3H3,(H2,26,27)(H,28,31). The number of sulfonamides is 1. The number of nitrogens with one attached hydrogen (secondary N) is 2. The highest BCUT2D eigenvalue weighted by Gasteiger charge is 2.32. The van der Waals surface area contributed by atoms with Crippen molar-refractivity contribution < 1.29 is 13.2 Å². The lowest BCUT2D eigenvalue weighted by Crippen LogP contribution is -2.43. The zero-order valence-electron chi connectivity index (χ0n) is 19.3. The predicted octanol–water partition coefficient (Wildman–Crippen LogP) is 3.16. The van der Waals surface area contributed by atoms with Gasteiger partial charge >= 0.3 is 0 Å². The van der Waals surface area contributed by atoms with Gasteiger partial charge in [0.05, 0.1) is 16.8 Å². The number of aryl methyl sites for hydroxylation is 1. The van der Waals surface area contributed by atoms with Crippen molar-refractivity contribution in [2.75, 3.05) is 12.3 Å². The summed E-state index contributed by atoms with van der Waals surface area (Å²) in [5.41, 5.74) is 10.8. The minimum Gasteiger partial charge on any atom is -0.382 e. The van der Waals surface area contributed by atoms with Crippen LogP contribution in [-0.4, -0.2) is 36.9 Å². The van der Waals surface area contributed by atoms with E-state index < -0.39 is 10.0 Å². The summed E-state index contributed by atoms with van der Waals surface area (Å²) in [6.45, 7) is 6.48. The van der Waals surface area contributed by atoms with Gasteiger partial charge in [-0.15, -0.1) is 0 Å². The van der Waals surface area contributed by atoms with Crippen molar-refractivity contribution in [3.63, 3.8) is 0 Å². The molecule has 1 saturated carbocycles. The quantitative estimate of drug-likeness (QED) is 0.518. The van der Waals surface area contributed by atoms with Gasteiger partial charge in [0.1, 0.15) is 11.5 Å². The van der Waals surface area contributed by atoms with Gasteiger partial charge in [0, 0.05) is 34.7 Å². The highest BCUT2D eigenvalue weighted by molar-refractivity contribution is 7.89. The molecule has 3 aromatic rings. The maximum Gasteiger partial charge on any atom is 0.251 e. The summed E-state index contributed by atoms with van der Waals surface area (Å²) in [6.07, 6.45) is 3.34. The lowest BCUT2D eigenvalue weighted by Gasteiger charge is -2.32. The molecule has 8 nitrogen and oxygen atoms in total. The summed E-state index contributed by atoms with van der Waals surface area (Å²) >= 11 is 0. The third-order valence-electron chi connectivity index (χ3n) is 6.42. The fraction of sp³-hybridized carbons (Fsp3) is 0.320. The Morgan fingerprint density at radius 2 is 1.85 bits per heavy atom. The third-order valence-corrected chi connectivity index (χ3v) is 8.10. The number of nitrogens with zero attached hydrogens (tertiary/aromatic N) is 2. The summed E-state index contributed by atoms with van der Waals surface area (Å²) in [4.78, 5) is 21.7. The Labute approximate surface area is 199 Å². The number of nitrogen functional groups attached to an aromatic ring is 1. The van der Waals surface area contributed by atoms with Gasteiger partial charge in [-0.25, -0.2) is 23.1 Å². The van der Waals surface area contributed by atoms with Gasteiger partial charge in [0.15, 0.2) is 0 Å². The van der Waals surface area contributed by atoms with Crippen molar-refractivity contribution in [3.8, 4) is 22.5 Å². The summed E-state index contributed by atoms with van der Waals surface area (Å²) in [7, 11) is -3.55. The lowest BCUT2D eigenvalue weighted by molar-refractivity contribution is 0.0930. The first-order valence-electron chi connectivity index (χ1n) is 11.2. The van der Waals surface area contributed by atoms with E-state index in [-0.39, 0.29) is 28.1 Å². The molecule has 1 amide bonds. The number of carbonyl (C=O) groups excluding carboxylic acids is 1. The van der Waals surface area contributed by atoms with E-state index in [1.807, 2.05) is 12.1 Å². The average Bonchev–Trinajstić information content (AvgIpc) is 3.60. The van der Waals surface area contributed by atoms with Crippen LogP contribution in [-0.2, 0) is 15.4 Å². The zero-order valence-corrected chi connectivity index (χ0v) is 20.2. The smallest absolute Gasteiger partial charge is 0.251 e. The second kappa shape index (κ2) is 7.89. The van der Waals surface area contributed by atoms with Crippen LogP contribution in [0.3, 0.4) is 0 Å². The third kappa shape index (κ3) is 4.05. The maximum absolute atomic E-state index is 12.6. The van der Waals surface area contributed by atoms with E-state index in [1.165, 1.54) is 0 Å². The second-order valence-corrected chi connectivity index (χ2v) is 11.4. The van der Waals surface area contributed by atoms with Gasteiger partial charge in [0.2, 0.25) is 10.0 Å². The molecule has 1 fully saturated rings. The molecule has 1 aliphatic heterocycles. The van der Waals surface area contributed by atoms with Crippen LogP contribution >= 0.6 is 0 Å². The summed E-state index contributed by atoms with van der Waals surface area (Å²) in [5, 5.41) is 2.92. The molecule has 1 aliphatic carbocycles. The summed E-state index contributed by atoms with van der Waals surface area (Å²) in [5.74, 6) is 0.196. The van der Waals surface area contributed by atoms with Crippen molar-refractivity contribution in [2.45, 2.75) is 50.0 Å². The molecular formula is C25H27N5O3S. The number of hydrogen-bond acceptors (Lipinski definition) is 6. The normalized spacial score (nSPS) is 17.2. The first-order chi connectivity index (χ1) is 16.0. The number of aromatic nitrogens is 2.